The Labute approximate surface area is 197 Å². The third kappa shape index (κ3) is 2.59. The largest absolute Gasteiger partial charge is 0.349 e. The Bertz CT molecular complexity index is 1380. The lowest BCUT2D eigenvalue weighted by Crippen LogP contribution is -2.51. The molecule has 0 bridgehead atoms. The number of halogens is 2. The molecule has 0 unspecified atom stereocenters. The third-order valence-electron chi connectivity index (χ3n) is 6.78. The van der Waals surface area contributed by atoms with Crippen molar-refractivity contribution >= 4 is 40.7 Å². The molecule has 2 heterocycles. The van der Waals surface area contributed by atoms with E-state index in [0.717, 1.165) is 11.0 Å². The lowest BCUT2D eigenvalue weighted by atomic mass is 9.77. The number of fused-ring (bicyclic) bond motifs is 3. The van der Waals surface area contributed by atoms with Gasteiger partial charge >= 0.3 is 0 Å². The zero-order chi connectivity index (χ0) is 23.8. The van der Waals surface area contributed by atoms with Gasteiger partial charge in [0.05, 0.1) is 23.6 Å². The molecule has 3 aromatic carbocycles. The predicted octanol–water partition coefficient (Wildman–Crippen LogP) is 4.17. The summed E-state index contributed by atoms with van der Waals surface area (Å²) in [7, 11) is 0. The number of amides is 2. The number of benzene rings is 3. The lowest BCUT2D eigenvalue weighted by Gasteiger charge is -2.27. The molecule has 8 heteroatoms. The van der Waals surface area contributed by atoms with E-state index < -0.39 is 52.7 Å². The Morgan fingerprint density at radius 2 is 1.47 bits per heavy atom. The van der Waals surface area contributed by atoms with Gasteiger partial charge in [-0.2, -0.15) is 0 Å². The molecular weight excluding hydrogens is 461 g/mol. The molecule has 1 aliphatic carbocycles. The third-order valence-corrected chi connectivity index (χ3v) is 7.04. The van der Waals surface area contributed by atoms with Gasteiger partial charge in [-0.15, -0.1) is 0 Å². The number of ether oxygens (including phenoxy) is 1. The maximum Gasteiger partial charge on any atom is 0.241 e. The van der Waals surface area contributed by atoms with E-state index in [1.54, 1.807) is 36.4 Å². The van der Waals surface area contributed by atoms with Crippen molar-refractivity contribution in [3.63, 3.8) is 0 Å². The molecule has 2 aliphatic heterocycles. The molecule has 0 saturated carbocycles. The highest BCUT2D eigenvalue weighted by atomic mass is 35.5. The molecule has 34 heavy (non-hydrogen) atoms. The minimum absolute atomic E-state index is 0.0322. The predicted molar refractivity (Wildman–Crippen MR) is 119 cm³/mol. The molecule has 0 N–H and O–H groups in total. The Balaban J connectivity index is 1.55. The van der Waals surface area contributed by atoms with E-state index >= 15 is 0 Å². The van der Waals surface area contributed by atoms with Crippen LogP contribution in [0.2, 0.25) is 5.02 Å². The number of hydrogen-bond acceptors (Lipinski definition) is 5. The van der Waals surface area contributed by atoms with Gasteiger partial charge in [0.25, 0.3) is 0 Å². The average Bonchev–Trinajstić information content (AvgIpc) is 3.40. The number of carbonyl (C=O) groups excluding carboxylic acids is 4. The molecule has 2 fully saturated rings. The van der Waals surface area contributed by atoms with Crippen LogP contribution in [0.5, 0.6) is 0 Å². The van der Waals surface area contributed by atoms with Gasteiger partial charge in [-0.3, -0.25) is 19.2 Å². The zero-order valence-electron chi connectivity index (χ0n) is 17.4. The summed E-state index contributed by atoms with van der Waals surface area (Å²) in [5.74, 6) is -5.91. The summed E-state index contributed by atoms with van der Waals surface area (Å²) in [6.07, 6.45) is -1.06. The molecule has 2 amide bonds. The van der Waals surface area contributed by atoms with Crippen molar-refractivity contribution in [1.29, 1.82) is 0 Å². The number of ketones is 2. The van der Waals surface area contributed by atoms with Crippen LogP contribution in [-0.4, -0.2) is 29.0 Å². The number of imide groups is 1. The fourth-order valence-electron chi connectivity index (χ4n) is 5.34. The molecule has 3 aliphatic rings. The van der Waals surface area contributed by atoms with Crippen molar-refractivity contribution in [3.8, 4) is 0 Å². The molecule has 2 saturated heterocycles. The first-order chi connectivity index (χ1) is 16.3. The van der Waals surface area contributed by atoms with Crippen molar-refractivity contribution in [2.24, 2.45) is 11.8 Å². The molecule has 1 spiro atoms. The van der Waals surface area contributed by atoms with Gasteiger partial charge in [-0.05, 0) is 35.9 Å². The summed E-state index contributed by atoms with van der Waals surface area (Å²) < 4.78 is 20.1. The summed E-state index contributed by atoms with van der Waals surface area (Å²) in [4.78, 5) is 55.5. The van der Waals surface area contributed by atoms with E-state index in [1.807, 2.05) is 0 Å². The van der Waals surface area contributed by atoms with Crippen molar-refractivity contribution in [2.75, 3.05) is 4.90 Å². The van der Waals surface area contributed by atoms with Gasteiger partial charge in [0.15, 0.2) is 0 Å². The number of hydrogen-bond donors (Lipinski definition) is 0. The standard InChI is InChI=1S/C26H15ClFNO5/c27-14-10-8-13(9-11-14)21-19-20(25(33)29(24(19)32)16-5-3-4-15(28)12-16)26(34-21)22(30)17-6-1-2-7-18(17)23(26)31/h1-12,19-21H/t19-,20+,21+/m1/s1. The van der Waals surface area contributed by atoms with Gasteiger partial charge in [-0.1, -0.05) is 54.1 Å². The highest BCUT2D eigenvalue weighted by Gasteiger charge is 2.74. The molecular formula is C26H15ClFNO5. The first-order valence-corrected chi connectivity index (χ1v) is 11.0. The van der Waals surface area contributed by atoms with Crippen molar-refractivity contribution < 1.29 is 28.3 Å². The Hall–Kier alpha value is -3.68. The molecule has 0 aromatic heterocycles. The second-order valence-corrected chi connectivity index (χ2v) is 8.96. The van der Waals surface area contributed by atoms with E-state index in [1.165, 1.54) is 30.3 Å². The second kappa shape index (κ2) is 7.16. The lowest BCUT2D eigenvalue weighted by molar-refractivity contribution is -0.127. The smallest absolute Gasteiger partial charge is 0.241 e. The van der Waals surface area contributed by atoms with E-state index in [4.69, 9.17) is 16.3 Å². The zero-order valence-corrected chi connectivity index (χ0v) is 18.2. The van der Waals surface area contributed by atoms with Crippen LogP contribution in [0.25, 0.3) is 0 Å². The van der Waals surface area contributed by atoms with Gasteiger partial charge in [-0.25, -0.2) is 9.29 Å². The molecule has 6 nitrogen and oxygen atoms in total. The summed E-state index contributed by atoms with van der Waals surface area (Å²) in [5, 5.41) is 0.448. The van der Waals surface area contributed by atoms with Crippen LogP contribution in [0.4, 0.5) is 10.1 Å². The maximum atomic E-state index is 13.9. The summed E-state index contributed by atoms with van der Waals surface area (Å²) in [5.41, 5.74) is -1.35. The Kier molecular flexibility index (Phi) is 4.40. The molecule has 0 radical (unpaired) electrons. The quantitative estimate of drug-likeness (QED) is 0.410. The van der Waals surface area contributed by atoms with Crippen LogP contribution >= 0.6 is 11.6 Å². The van der Waals surface area contributed by atoms with Gasteiger partial charge in [0.2, 0.25) is 29.0 Å². The van der Waals surface area contributed by atoms with Crippen molar-refractivity contribution in [2.45, 2.75) is 11.7 Å². The highest BCUT2D eigenvalue weighted by molar-refractivity contribution is 6.37. The number of anilines is 1. The van der Waals surface area contributed by atoms with Gasteiger partial charge in [0.1, 0.15) is 5.82 Å². The van der Waals surface area contributed by atoms with Crippen molar-refractivity contribution in [3.05, 3.63) is 100 Å². The van der Waals surface area contributed by atoms with Gasteiger partial charge in [0, 0.05) is 16.1 Å². The van der Waals surface area contributed by atoms with Crippen molar-refractivity contribution in [1.82, 2.24) is 0 Å². The van der Waals surface area contributed by atoms with Crippen LogP contribution in [0.3, 0.4) is 0 Å². The fourth-order valence-corrected chi connectivity index (χ4v) is 5.47. The summed E-state index contributed by atoms with van der Waals surface area (Å²) in [6.45, 7) is 0. The Morgan fingerprint density at radius 3 is 2.09 bits per heavy atom. The SMILES string of the molecule is O=C1[C@@H]2[C@@H](C(=O)N1c1cccc(F)c1)C1(O[C@H]2c2ccc(Cl)cc2)C(=O)c2ccccc2C1=O. The van der Waals surface area contributed by atoms with E-state index in [2.05, 4.69) is 0 Å². The number of Topliss-reactive ketones (excluding diaryl/α,β-unsaturated/α-hetero) is 2. The normalized spacial score (nSPS) is 24.8. The molecule has 168 valence electrons. The molecule has 3 aromatic rings. The first-order valence-electron chi connectivity index (χ1n) is 10.6. The monoisotopic (exact) mass is 475 g/mol. The van der Waals surface area contributed by atoms with Crippen LogP contribution in [0.15, 0.2) is 72.8 Å². The number of carbonyl (C=O) groups is 4. The van der Waals surface area contributed by atoms with Crippen LogP contribution in [-0.2, 0) is 14.3 Å². The maximum absolute atomic E-state index is 13.9. The average molecular weight is 476 g/mol. The minimum atomic E-state index is -2.17. The second-order valence-electron chi connectivity index (χ2n) is 8.52. The Morgan fingerprint density at radius 1 is 0.824 bits per heavy atom. The van der Waals surface area contributed by atoms with Gasteiger partial charge < -0.3 is 4.74 Å². The van der Waals surface area contributed by atoms with E-state index in [9.17, 15) is 23.6 Å². The van der Waals surface area contributed by atoms with E-state index in [0.29, 0.717) is 10.6 Å². The topological polar surface area (TPSA) is 80.8 Å². The van der Waals surface area contributed by atoms with Crippen LogP contribution < -0.4 is 4.90 Å². The first kappa shape index (κ1) is 20.9. The number of nitrogens with zero attached hydrogens (tertiary/aromatic N) is 1. The summed E-state index contributed by atoms with van der Waals surface area (Å²) in [6, 6.07) is 17.8. The highest BCUT2D eigenvalue weighted by Crippen LogP contribution is 2.57. The molecule has 6 rings (SSSR count). The van der Waals surface area contributed by atoms with Crippen LogP contribution in [0.1, 0.15) is 32.4 Å². The van der Waals surface area contributed by atoms with Crippen LogP contribution in [0, 0.1) is 17.7 Å². The minimum Gasteiger partial charge on any atom is -0.349 e. The van der Waals surface area contributed by atoms with E-state index in [-0.39, 0.29) is 16.8 Å². The fraction of sp³-hybridized carbons (Fsp3) is 0.154. The number of rotatable bonds is 2. The summed E-state index contributed by atoms with van der Waals surface area (Å²) >= 11 is 6.01. The molecule has 3 atom stereocenters.